The molecule has 1 aliphatic rings. The topological polar surface area (TPSA) is 126 Å². The third-order valence-corrected chi connectivity index (χ3v) is 5.75. The number of ether oxygens (including phenoxy) is 2. The molecule has 4 atom stereocenters. The summed E-state index contributed by atoms with van der Waals surface area (Å²) < 4.78 is 30.4. The van der Waals surface area contributed by atoms with Crippen molar-refractivity contribution < 1.29 is 23.5 Å². The molecule has 0 bridgehead atoms. The lowest BCUT2D eigenvalue weighted by Gasteiger charge is -2.24. The first kappa shape index (κ1) is 20.1. The van der Waals surface area contributed by atoms with Crippen molar-refractivity contribution >= 4 is 13.4 Å². The molecular formula is C15H26N3O6P. The van der Waals surface area contributed by atoms with E-state index in [0.29, 0.717) is 0 Å². The Balaban J connectivity index is 2.20. The van der Waals surface area contributed by atoms with Crippen LogP contribution >= 0.6 is 7.60 Å². The van der Waals surface area contributed by atoms with E-state index >= 15 is 0 Å². The SMILES string of the molecule is CC(C)OC[C@H]1O[C@@H](n2ccc(N)nc2=O)CC1OP(=O)(O)C(C)C. The summed E-state index contributed by atoms with van der Waals surface area (Å²) in [5, 5.41) is 0. The molecule has 0 aromatic carbocycles. The number of hydrogen-bond donors (Lipinski definition) is 2. The van der Waals surface area contributed by atoms with E-state index in [1.807, 2.05) is 13.8 Å². The molecular weight excluding hydrogens is 349 g/mol. The number of nitrogen functional groups attached to an aromatic ring is 1. The number of nitrogens with zero attached hydrogens (tertiary/aromatic N) is 2. The molecule has 2 rings (SSSR count). The van der Waals surface area contributed by atoms with Crippen LogP contribution in [0.3, 0.4) is 0 Å². The second kappa shape index (κ2) is 7.97. The lowest BCUT2D eigenvalue weighted by atomic mass is 10.2. The van der Waals surface area contributed by atoms with E-state index in [1.54, 1.807) is 13.8 Å². The molecule has 0 radical (unpaired) electrons. The fourth-order valence-electron chi connectivity index (χ4n) is 2.38. The highest BCUT2D eigenvalue weighted by atomic mass is 31.2. The van der Waals surface area contributed by atoms with Gasteiger partial charge in [-0.1, -0.05) is 13.8 Å². The lowest BCUT2D eigenvalue weighted by molar-refractivity contribution is -0.0723. The van der Waals surface area contributed by atoms with E-state index in [-0.39, 0.29) is 24.9 Å². The largest absolute Gasteiger partial charge is 0.383 e. The van der Waals surface area contributed by atoms with E-state index in [9.17, 15) is 14.3 Å². The van der Waals surface area contributed by atoms with Crippen LogP contribution in [0.4, 0.5) is 5.82 Å². The Bertz CT molecular complexity index is 692. The lowest BCUT2D eigenvalue weighted by Crippen LogP contribution is -2.30. The molecule has 9 nitrogen and oxygen atoms in total. The van der Waals surface area contributed by atoms with Gasteiger partial charge in [0.2, 0.25) is 0 Å². The molecule has 0 aliphatic carbocycles. The van der Waals surface area contributed by atoms with Crippen LogP contribution in [-0.2, 0) is 18.6 Å². The van der Waals surface area contributed by atoms with Crippen LogP contribution in [0.5, 0.6) is 0 Å². The van der Waals surface area contributed by atoms with Crippen LogP contribution in [0.25, 0.3) is 0 Å². The molecule has 1 aliphatic heterocycles. The predicted molar refractivity (Wildman–Crippen MR) is 92.4 cm³/mol. The molecule has 0 saturated carbocycles. The highest BCUT2D eigenvalue weighted by Gasteiger charge is 2.42. The molecule has 0 amide bonds. The molecule has 10 heteroatoms. The summed E-state index contributed by atoms with van der Waals surface area (Å²) in [6.45, 7) is 7.17. The number of anilines is 1. The summed E-state index contributed by atoms with van der Waals surface area (Å²) in [6, 6.07) is 1.49. The Labute approximate surface area is 146 Å². The van der Waals surface area contributed by atoms with Crippen LogP contribution in [0.2, 0.25) is 0 Å². The Kier molecular flexibility index (Phi) is 6.40. The molecule has 25 heavy (non-hydrogen) atoms. The van der Waals surface area contributed by atoms with Gasteiger partial charge in [0.1, 0.15) is 18.1 Å². The third kappa shape index (κ3) is 5.12. The molecule has 1 saturated heterocycles. The summed E-state index contributed by atoms with van der Waals surface area (Å²) in [7, 11) is -3.79. The van der Waals surface area contributed by atoms with Crippen LogP contribution in [0.1, 0.15) is 40.3 Å². The van der Waals surface area contributed by atoms with Crippen LogP contribution in [-0.4, -0.2) is 45.0 Å². The zero-order valence-electron chi connectivity index (χ0n) is 14.9. The summed E-state index contributed by atoms with van der Waals surface area (Å²) in [5.74, 6) is 0.117. The van der Waals surface area contributed by atoms with Gasteiger partial charge < -0.3 is 24.6 Å². The zero-order valence-corrected chi connectivity index (χ0v) is 15.8. The van der Waals surface area contributed by atoms with E-state index < -0.39 is 37.4 Å². The molecule has 0 spiro atoms. The summed E-state index contributed by atoms with van der Waals surface area (Å²) in [5.41, 5.74) is 4.41. The first-order valence-corrected chi connectivity index (χ1v) is 9.87. The molecule has 1 aromatic rings. The minimum Gasteiger partial charge on any atom is -0.383 e. The average molecular weight is 375 g/mol. The smallest absolute Gasteiger partial charge is 0.351 e. The number of rotatable bonds is 7. The Morgan fingerprint density at radius 3 is 2.72 bits per heavy atom. The Morgan fingerprint density at radius 2 is 2.16 bits per heavy atom. The maximum atomic E-state index is 12.2. The van der Waals surface area contributed by atoms with E-state index in [0.717, 1.165) is 0 Å². The maximum absolute atomic E-state index is 12.2. The first-order chi connectivity index (χ1) is 11.6. The van der Waals surface area contributed by atoms with Gasteiger partial charge >= 0.3 is 13.3 Å². The highest BCUT2D eigenvalue weighted by Crippen LogP contribution is 2.51. The van der Waals surface area contributed by atoms with Gasteiger partial charge in [0.25, 0.3) is 0 Å². The minimum atomic E-state index is -3.79. The number of nitrogens with two attached hydrogens (primary N) is 1. The van der Waals surface area contributed by atoms with E-state index in [1.165, 1.54) is 16.8 Å². The Hall–Kier alpha value is -1.25. The second-order valence-electron chi connectivity index (χ2n) is 6.59. The number of hydrogen-bond acceptors (Lipinski definition) is 7. The van der Waals surface area contributed by atoms with Gasteiger partial charge in [-0.2, -0.15) is 4.98 Å². The van der Waals surface area contributed by atoms with Gasteiger partial charge in [-0.25, -0.2) is 4.79 Å². The molecule has 1 aromatic heterocycles. The number of aromatic nitrogens is 2. The van der Waals surface area contributed by atoms with Crippen molar-refractivity contribution in [3.63, 3.8) is 0 Å². The Morgan fingerprint density at radius 1 is 1.48 bits per heavy atom. The van der Waals surface area contributed by atoms with E-state index in [2.05, 4.69) is 4.98 Å². The van der Waals surface area contributed by atoms with Gasteiger partial charge in [0.15, 0.2) is 0 Å². The summed E-state index contributed by atoms with van der Waals surface area (Å²) >= 11 is 0. The molecule has 2 heterocycles. The molecule has 2 unspecified atom stereocenters. The van der Waals surface area contributed by atoms with Crippen molar-refractivity contribution in [1.82, 2.24) is 9.55 Å². The fourth-order valence-corrected chi connectivity index (χ4v) is 3.23. The van der Waals surface area contributed by atoms with Gasteiger partial charge in [-0.3, -0.25) is 9.13 Å². The van der Waals surface area contributed by atoms with E-state index in [4.69, 9.17) is 19.7 Å². The second-order valence-corrected chi connectivity index (χ2v) is 8.96. The van der Waals surface area contributed by atoms with Gasteiger partial charge in [0.05, 0.1) is 24.5 Å². The predicted octanol–water partition coefficient (Wildman–Crippen LogP) is 1.52. The van der Waals surface area contributed by atoms with Crippen LogP contribution in [0, 0.1) is 0 Å². The van der Waals surface area contributed by atoms with Crippen LogP contribution < -0.4 is 11.4 Å². The van der Waals surface area contributed by atoms with Crippen molar-refractivity contribution in [2.45, 2.75) is 64.3 Å². The zero-order chi connectivity index (χ0) is 18.8. The monoisotopic (exact) mass is 375 g/mol. The molecule has 3 N–H and O–H groups in total. The quantitative estimate of drug-likeness (QED) is 0.687. The van der Waals surface area contributed by atoms with Crippen LogP contribution in [0.15, 0.2) is 17.1 Å². The van der Waals surface area contributed by atoms with Gasteiger partial charge in [-0.15, -0.1) is 0 Å². The van der Waals surface area contributed by atoms with Gasteiger partial charge in [-0.05, 0) is 19.9 Å². The maximum Gasteiger partial charge on any atom is 0.351 e. The standard InChI is InChI=1S/C15H26N3O6P/c1-9(2)22-8-12-11(24-25(20,21)10(3)4)7-14(23-12)18-6-5-13(16)17-15(18)19/h5-6,9-12,14H,7-8H2,1-4H3,(H,20,21)(H2,16,17,19)/t11?,12-,14-/m1/s1. The molecule has 142 valence electrons. The van der Waals surface area contributed by atoms with Crippen molar-refractivity contribution in [2.75, 3.05) is 12.3 Å². The molecule has 1 fully saturated rings. The summed E-state index contributed by atoms with van der Waals surface area (Å²) in [6.07, 6.45) is -0.232. The van der Waals surface area contributed by atoms with Crippen molar-refractivity contribution in [3.05, 3.63) is 22.7 Å². The first-order valence-electron chi connectivity index (χ1n) is 8.22. The average Bonchev–Trinajstić information content (AvgIpc) is 2.86. The normalized spacial score (nSPS) is 26.3. The van der Waals surface area contributed by atoms with Crippen molar-refractivity contribution in [2.24, 2.45) is 0 Å². The van der Waals surface area contributed by atoms with Gasteiger partial charge in [0, 0.05) is 12.6 Å². The van der Waals surface area contributed by atoms with Crippen molar-refractivity contribution in [3.8, 4) is 0 Å². The van der Waals surface area contributed by atoms with Crippen molar-refractivity contribution in [1.29, 1.82) is 0 Å². The minimum absolute atomic E-state index is 0.0322. The fraction of sp³-hybridized carbons (Fsp3) is 0.733. The summed E-state index contributed by atoms with van der Waals surface area (Å²) in [4.78, 5) is 25.7. The highest BCUT2D eigenvalue weighted by molar-refractivity contribution is 7.53. The third-order valence-electron chi connectivity index (χ3n) is 3.88.